The van der Waals surface area contributed by atoms with Gasteiger partial charge in [-0.25, -0.2) is 14.8 Å². The third-order valence-electron chi connectivity index (χ3n) is 5.81. The first-order chi connectivity index (χ1) is 17.4. The molecule has 5 rings (SSSR count). The number of nitrogens with zero attached hydrogens (tertiary/aromatic N) is 3. The van der Waals surface area contributed by atoms with E-state index in [0.717, 1.165) is 16.5 Å². The highest BCUT2D eigenvalue weighted by atomic mass is 16.4. The molecule has 0 bridgehead atoms. The van der Waals surface area contributed by atoms with Crippen LogP contribution in [0, 0.1) is 5.41 Å². The number of fused-ring (bicyclic) bond motifs is 1. The third-order valence-corrected chi connectivity index (χ3v) is 5.81. The molecule has 5 aromatic rings. The first-order valence-electron chi connectivity index (χ1n) is 11.2. The van der Waals surface area contributed by atoms with Gasteiger partial charge in [-0.2, -0.15) is 0 Å². The summed E-state index contributed by atoms with van der Waals surface area (Å²) in [5.74, 6) is 0.689. The summed E-state index contributed by atoms with van der Waals surface area (Å²) in [6.07, 6.45) is 4.00. The second-order valence-electron chi connectivity index (χ2n) is 8.20. The van der Waals surface area contributed by atoms with Gasteiger partial charge in [-0.3, -0.25) is 10.4 Å². The fourth-order valence-corrected chi connectivity index (χ4v) is 4.16. The van der Waals surface area contributed by atoms with E-state index in [1.54, 1.807) is 12.1 Å². The molecule has 1 atom stereocenters. The van der Waals surface area contributed by atoms with Crippen molar-refractivity contribution in [2.45, 2.75) is 13.0 Å². The molecule has 0 aliphatic carbocycles. The zero-order valence-corrected chi connectivity index (χ0v) is 19.3. The molecule has 0 aliphatic rings. The zero-order chi connectivity index (χ0) is 25.2. The van der Waals surface area contributed by atoms with Gasteiger partial charge >= 0.3 is 5.63 Å². The highest BCUT2D eigenvalue weighted by Crippen LogP contribution is 2.35. The standard InChI is InChI=1S/C27H22N6O3/c1-15(33-26-22(25(29)31-14-32-26)23(28)17-11-18(34)13-30-12-17)24-21(16-7-3-2-4-8-16)19-9-5-6-10-20(19)27(35)36-24/h2-15,28,34H,1H3,(H3,29,31,32,33). The van der Waals surface area contributed by atoms with Gasteiger partial charge in [-0.1, -0.05) is 48.5 Å². The lowest BCUT2D eigenvalue weighted by molar-refractivity contribution is 0.452. The lowest BCUT2D eigenvalue weighted by Crippen LogP contribution is -2.18. The lowest BCUT2D eigenvalue weighted by atomic mass is 9.96. The van der Waals surface area contributed by atoms with Crippen molar-refractivity contribution in [1.82, 2.24) is 15.0 Å². The van der Waals surface area contributed by atoms with E-state index in [4.69, 9.17) is 15.6 Å². The average molecular weight is 479 g/mol. The van der Waals surface area contributed by atoms with Gasteiger partial charge in [-0.15, -0.1) is 0 Å². The fraction of sp³-hybridized carbons (Fsp3) is 0.0741. The predicted molar refractivity (Wildman–Crippen MR) is 138 cm³/mol. The maximum atomic E-state index is 12.9. The van der Waals surface area contributed by atoms with E-state index in [1.165, 1.54) is 24.8 Å². The molecule has 0 saturated carbocycles. The first-order valence-corrected chi connectivity index (χ1v) is 11.2. The smallest absolute Gasteiger partial charge is 0.343 e. The monoisotopic (exact) mass is 478 g/mol. The molecule has 0 aliphatic heterocycles. The minimum absolute atomic E-state index is 0.0190. The fourth-order valence-electron chi connectivity index (χ4n) is 4.16. The Kier molecular flexibility index (Phi) is 5.87. The van der Waals surface area contributed by atoms with Crippen LogP contribution in [0.1, 0.15) is 29.9 Å². The Balaban J connectivity index is 1.63. The molecule has 9 heteroatoms. The van der Waals surface area contributed by atoms with E-state index in [0.29, 0.717) is 16.7 Å². The first kappa shape index (κ1) is 22.7. The van der Waals surface area contributed by atoms with Crippen LogP contribution < -0.4 is 16.7 Å². The number of benzene rings is 2. The van der Waals surface area contributed by atoms with Crippen molar-refractivity contribution in [3.63, 3.8) is 0 Å². The minimum Gasteiger partial charge on any atom is -0.506 e. The quantitative estimate of drug-likeness (QED) is 0.260. The largest absolute Gasteiger partial charge is 0.506 e. The van der Waals surface area contributed by atoms with Crippen LogP contribution in [0.3, 0.4) is 0 Å². The third kappa shape index (κ3) is 4.14. The van der Waals surface area contributed by atoms with E-state index in [2.05, 4.69) is 20.3 Å². The Morgan fingerprint density at radius 1 is 1.06 bits per heavy atom. The number of nitrogens with two attached hydrogens (primary N) is 1. The van der Waals surface area contributed by atoms with Crippen LogP contribution in [-0.2, 0) is 0 Å². The molecule has 0 saturated heterocycles. The van der Waals surface area contributed by atoms with E-state index in [1.807, 2.05) is 49.4 Å². The number of rotatable bonds is 6. The SMILES string of the molecule is CC(Nc1ncnc(N)c1C(=N)c1cncc(O)c1)c1oc(=O)c2ccccc2c1-c1ccccc1. The van der Waals surface area contributed by atoms with Crippen molar-refractivity contribution in [1.29, 1.82) is 5.41 Å². The molecule has 0 radical (unpaired) electrons. The molecule has 5 N–H and O–H groups in total. The summed E-state index contributed by atoms with van der Waals surface area (Å²) in [7, 11) is 0. The maximum Gasteiger partial charge on any atom is 0.343 e. The van der Waals surface area contributed by atoms with Gasteiger partial charge in [0, 0.05) is 22.7 Å². The number of aromatic hydroxyl groups is 1. The molecule has 0 fully saturated rings. The van der Waals surface area contributed by atoms with Crippen molar-refractivity contribution < 1.29 is 9.52 Å². The van der Waals surface area contributed by atoms with Crippen LogP contribution in [0.25, 0.3) is 21.9 Å². The number of nitrogens with one attached hydrogen (secondary N) is 2. The van der Waals surface area contributed by atoms with Crippen LogP contribution in [-0.4, -0.2) is 25.8 Å². The molecular weight excluding hydrogens is 456 g/mol. The highest BCUT2D eigenvalue weighted by molar-refractivity contribution is 6.16. The molecule has 0 spiro atoms. The maximum absolute atomic E-state index is 12.9. The van der Waals surface area contributed by atoms with Crippen molar-refractivity contribution in [2.75, 3.05) is 11.1 Å². The van der Waals surface area contributed by atoms with E-state index in [9.17, 15) is 9.90 Å². The molecule has 3 heterocycles. The van der Waals surface area contributed by atoms with Crippen molar-refractivity contribution in [3.05, 3.63) is 107 Å². The summed E-state index contributed by atoms with van der Waals surface area (Å²) >= 11 is 0. The number of aromatic nitrogens is 3. The molecule has 36 heavy (non-hydrogen) atoms. The van der Waals surface area contributed by atoms with Gasteiger partial charge in [0.15, 0.2) is 0 Å². The summed E-state index contributed by atoms with van der Waals surface area (Å²) in [5.41, 5.74) is 7.92. The zero-order valence-electron chi connectivity index (χ0n) is 19.3. The summed E-state index contributed by atoms with van der Waals surface area (Å²) in [6.45, 7) is 1.83. The topological polar surface area (TPSA) is 151 Å². The van der Waals surface area contributed by atoms with Gasteiger partial charge in [0.2, 0.25) is 0 Å². The Morgan fingerprint density at radius 3 is 2.53 bits per heavy atom. The molecule has 1 unspecified atom stereocenters. The van der Waals surface area contributed by atoms with Gasteiger partial charge in [0.25, 0.3) is 0 Å². The number of pyridine rings is 1. The average Bonchev–Trinajstić information content (AvgIpc) is 2.89. The van der Waals surface area contributed by atoms with E-state index in [-0.39, 0.29) is 28.7 Å². The second kappa shape index (κ2) is 9.30. The van der Waals surface area contributed by atoms with Gasteiger partial charge in [0.05, 0.1) is 28.9 Å². The molecule has 9 nitrogen and oxygen atoms in total. The van der Waals surface area contributed by atoms with Gasteiger partial charge < -0.3 is 20.6 Å². The van der Waals surface area contributed by atoms with Crippen LogP contribution >= 0.6 is 0 Å². The number of nitrogen functional groups attached to an aromatic ring is 1. The van der Waals surface area contributed by atoms with Crippen LogP contribution in [0.15, 0.2) is 88.6 Å². The van der Waals surface area contributed by atoms with Crippen molar-refractivity contribution >= 4 is 28.1 Å². The number of anilines is 2. The normalized spacial score (nSPS) is 11.8. The number of hydrogen-bond acceptors (Lipinski definition) is 9. The van der Waals surface area contributed by atoms with Crippen LogP contribution in [0.4, 0.5) is 11.6 Å². The van der Waals surface area contributed by atoms with E-state index < -0.39 is 11.7 Å². The Hall–Kier alpha value is -5.05. The number of hydrogen-bond donors (Lipinski definition) is 4. The molecule has 3 aromatic heterocycles. The second-order valence-corrected chi connectivity index (χ2v) is 8.20. The molecule has 0 amide bonds. The van der Waals surface area contributed by atoms with Crippen molar-refractivity contribution in [3.8, 4) is 16.9 Å². The van der Waals surface area contributed by atoms with Crippen LogP contribution in [0.5, 0.6) is 5.75 Å². The van der Waals surface area contributed by atoms with Gasteiger partial charge in [0.1, 0.15) is 29.5 Å². The van der Waals surface area contributed by atoms with Gasteiger partial charge in [-0.05, 0) is 24.6 Å². The predicted octanol–water partition coefficient (Wildman–Crippen LogP) is 4.52. The van der Waals surface area contributed by atoms with E-state index >= 15 is 0 Å². The summed E-state index contributed by atoms with van der Waals surface area (Å²) in [6, 6.07) is 17.8. The minimum atomic E-state index is -0.541. The van der Waals surface area contributed by atoms with Crippen molar-refractivity contribution in [2.24, 2.45) is 0 Å². The Bertz CT molecular complexity index is 1650. The lowest BCUT2D eigenvalue weighted by Gasteiger charge is -2.20. The molecule has 178 valence electrons. The summed E-state index contributed by atoms with van der Waals surface area (Å²) < 4.78 is 5.85. The Morgan fingerprint density at radius 2 is 1.78 bits per heavy atom. The highest BCUT2D eigenvalue weighted by Gasteiger charge is 2.23. The molecular formula is C27H22N6O3. The van der Waals surface area contributed by atoms with Crippen LogP contribution in [0.2, 0.25) is 0 Å². The summed E-state index contributed by atoms with van der Waals surface area (Å²) in [4.78, 5) is 25.2. The summed E-state index contributed by atoms with van der Waals surface area (Å²) in [5, 5.41) is 23.0. The molecule has 2 aromatic carbocycles. The Labute approximate surface area is 205 Å².